The number of aromatic hydroxyl groups is 1. The number of ether oxygens (including phenoxy) is 4. The van der Waals surface area contributed by atoms with Crippen LogP contribution in [-0.2, 0) is 23.7 Å². The number of nitrogens with zero attached hydrogens (tertiary/aromatic N) is 1. The highest BCUT2D eigenvalue weighted by Gasteiger charge is 2.08. The maximum atomic E-state index is 10.6. The Hall–Kier alpha value is -1.87. The molecule has 0 bridgehead atoms. The summed E-state index contributed by atoms with van der Waals surface area (Å²) in [6.07, 6.45) is -2.16. The molecule has 0 fully saturated rings. The molecule has 12 heteroatoms. The van der Waals surface area contributed by atoms with Gasteiger partial charge in [0, 0.05) is 40.5 Å². The van der Waals surface area contributed by atoms with E-state index in [2.05, 4.69) is 15.4 Å². The second-order valence-electron chi connectivity index (χ2n) is 7.49. The molecule has 0 aliphatic carbocycles. The Morgan fingerprint density at radius 1 is 0.889 bits per heavy atom. The van der Waals surface area contributed by atoms with Gasteiger partial charge in [-0.1, -0.05) is 32.0 Å². The van der Waals surface area contributed by atoms with Crippen LogP contribution in [0.15, 0.2) is 30.3 Å². The van der Waals surface area contributed by atoms with Crippen molar-refractivity contribution in [2.75, 3.05) is 73.8 Å². The van der Waals surface area contributed by atoms with Gasteiger partial charge >= 0.3 is 5.97 Å². The molecule has 3 unspecified atom stereocenters. The van der Waals surface area contributed by atoms with Gasteiger partial charge in [-0.25, -0.2) is 0 Å². The predicted molar refractivity (Wildman–Crippen MR) is 136 cm³/mol. The molecule has 1 aromatic carbocycles. The van der Waals surface area contributed by atoms with E-state index >= 15 is 0 Å². The standard InChI is InChI=1S/C16H35N3O8.C6H6O.C2H6/c1-13(20)27-9-16(23)8-26-12-25-7-15(22)5-18-11-19(2)10-17-4-14(21)6-24-3;7-6-4-2-1-3-5-6;1-2/h14-18,21-23H,4-12H2,1-3H3;1-5,7H;1-2H3. The van der Waals surface area contributed by atoms with Crippen molar-refractivity contribution in [3.63, 3.8) is 0 Å². The maximum Gasteiger partial charge on any atom is 0.302 e. The van der Waals surface area contributed by atoms with E-state index in [1.165, 1.54) is 14.0 Å². The number of aliphatic hydroxyl groups is 3. The normalized spacial score (nSPS) is 13.0. The van der Waals surface area contributed by atoms with E-state index < -0.39 is 24.3 Å². The van der Waals surface area contributed by atoms with Crippen molar-refractivity contribution < 1.29 is 44.2 Å². The summed E-state index contributed by atoms with van der Waals surface area (Å²) in [6.45, 7) is 7.28. The first-order valence-electron chi connectivity index (χ1n) is 11.9. The third-order valence-corrected chi connectivity index (χ3v) is 3.90. The number of hydrogen-bond acceptors (Lipinski definition) is 12. The molecule has 0 aliphatic rings. The van der Waals surface area contributed by atoms with Crippen LogP contribution >= 0.6 is 0 Å². The number of hydrogen-bond donors (Lipinski definition) is 6. The van der Waals surface area contributed by atoms with Crippen molar-refractivity contribution in [1.82, 2.24) is 15.5 Å². The van der Waals surface area contributed by atoms with Gasteiger partial charge in [-0.05, 0) is 19.2 Å². The Bertz CT molecular complexity index is 599. The van der Waals surface area contributed by atoms with E-state index in [-0.39, 0.29) is 33.2 Å². The van der Waals surface area contributed by atoms with Crippen molar-refractivity contribution >= 4 is 5.97 Å². The zero-order valence-corrected chi connectivity index (χ0v) is 22.3. The molecule has 6 N–H and O–H groups in total. The van der Waals surface area contributed by atoms with Gasteiger partial charge in [-0.2, -0.15) is 0 Å². The molecule has 0 aromatic heterocycles. The lowest BCUT2D eigenvalue weighted by molar-refractivity contribution is -0.147. The van der Waals surface area contributed by atoms with Crippen LogP contribution < -0.4 is 10.6 Å². The first-order valence-corrected chi connectivity index (χ1v) is 11.9. The number of aliphatic hydroxyl groups excluding tert-OH is 3. The molecular formula is C24H47N3O9. The summed E-state index contributed by atoms with van der Waals surface area (Å²) in [5.41, 5.74) is 0. The maximum absolute atomic E-state index is 10.6. The van der Waals surface area contributed by atoms with Gasteiger partial charge in [0.2, 0.25) is 0 Å². The summed E-state index contributed by atoms with van der Waals surface area (Å²) in [6, 6.07) is 8.71. The summed E-state index contributed by atoms with van der Waals surface area (Å²) in [5.74, 6) is -0.145. The smallest absolute Gasteiger partial charge is 0.302 e. The number of benzene rings is 1. The van der Waals surface area contributed by atoms with Crippen molar-refractivity contribution in [2.45, 2.75) is 39.1 Å². The van der Waals surface area contributed by atoms with Gasteiger partial charge in [0.05, 0.1) is 32.0 Å². The van der Waals surface area contributed by atoms with Crippen LogP contribution in [0, 0.1) is 0 Å². The minimum Gasteiger partial charge on any atom is -0.508 e. The van der Waals surface area contributed by atoms with E-state index in [1.54, 1.807) is 24.3 Å². The van der Waals surface area contributed by atoms with Crippen LogP contribution in [0.5, 0.6) is 5.75 Å². The average molecular weight is 522 g/mol. The fraction of sp³-hybridized carbons (Fsp3) is 0.708. The topological polar surface area (TPSA) is 162 Å². The summed E-state index contributed by atoms with van der Waals surface area (Å²) >= 11 is 0. The lowest BCUT2D eigenvalue weighted by Gasteiger charge is -2.20. The molecule has 0 spiro atoms. The predicted octanol–water partition coefficient (Wildman–Crippen LogP) is -0.286. The van der Waals surface area contributed by atoms with Crippen molar-refractivity contribution in [3.8, 4) is 5.75 Å². The van der Waals surface area contributed by atoms with E-state index in [1.807, 2.05) is 31.9 Å². The summed E-state index contributed by atoms with van der Waals surface area (Å²) < 4.78 is 19.7. The molecular weight excluding hydrogens is 474 g/mol. The molecule has 212 valence electrons. The lowest BCUT2D eigenvalue weighted by Crippen LogP contribution is -2.43. The Balaban J connectivity index is 0. The molecule has 0 saturated carbocycles. The highest BCUT2D eigenvalue weighted by atomic mass is 16.7. The SMILES string of the molecule is CC.COCC(O)CNCN(C)CNCC(O)COCOCC(O)COC(C)=O.Oc1ccccc1. The van der Waals surface area contributed by atoms with E-state index in [0.717, 1.165) is 0 Å². The van der Waals surface area contributed by atoms with Crippen molar-refractivity contribution in [3.05, 3.63) is 30.3 Å². The van der Waals surface area contributed by atoms with Gasteiger partial charge in [-0.15, -0.1) is 0 Å². The highest BCUT2D eigenvalue weighted by Crippen LogP contribution is 2.02. The third kappa shape index (κ3) is 26.7. The molecule has 12 nitrogen and oxygen atoms in total. The number of phenolic OH excluding ortho intramolecular Hbond substituents is 1. The van der Waals surface area contributed by atoms with Gasteiger partial charge in [0.15, 0.2) is 0 Å². The minimum absolute atomic E-state index is 0.0293. The zero-order valence-electron chi connectivity index (χ0n) is 22.3. The zero-order chi connectivity index (χ0) is 27.6. The second kappa shape index (κ2) is 26.2. The molecule has 1 rings (SSSR count). The average Bonchev–Trinajstić information content (AvgIpc) is 2.85. The van der Waals surface area contributed by atoms with Crippen LogP contribution in [0.3, 0.4) is 0 Å². The minimum atomic E-state index is -0.913. The Morgan fingerprint density at radius 2 is 1.39 bits per heavy atom. The van der Waals surface area contributed by atoms with Gasteiger partial charge in [0.1, 0.15) is 25.3 Å². The lowest BCUT2D eigenvalue weighted by atomic mass is 10.3. The highest BCUT2D eigenvalue weighted by molar-refractivity contribution is 5.65. The number of methoxy groups -OCH3 is 1. The molecule has 0 saturated heterocycles. The summed E-state index contributed by atoms with van der Waals surface area (Å²) in [7, 11) is 3.43. The molecule has 3 atom stereocenters. The van der Waals surface area contributed by atoms with Crippen LogP contribution in [0.25, 0.3) is 0 Å². The first-order chi connectivity index (χ1) is 17.2. The summed E-state index contributed by atoms with van der Waals surface area (Å²) in [4.78, 5) is 12.5. The van der Waals surface area contributed by atoms with Gasteiger partial charge < -0.3 is 50.0 Å². The van der Waals surface area contributed by atoms with E-state index in [4.69, 9.17) is 19.3 Å². The van der Waals surface area contributed by atoms with Crippen molar-refractivity contribution in [2.24, 2.45) is 0 Å². The molecule has 0 amide bonds. The van der Waals surface area contributed by atoms with Crippen LogP contribution in [0.4, 0.5) is 0 Å². The Morgan fingerprint density at radius 3 is 1.83 bits per heavy atom. The van der Waals surface area contributed by atoms with Crippen LogP contribution in [0.2, 0.25) is 0 Å². The van der Waals surface area contributed by atoms with Crippen molar-refractivity contribution in [1.29, 1.82) is 0 Å². The first kappa shape index (κ1) is 36.3. The number of carbonyl (C=O) groups is 1. The molecule has 0 radical (unpaired) electrons. The largest absolute Gasteiger partial charge is 0.508 e. The second-order valence-corrected chi connectivity index (χ2v) is 7.49. The number of para-hydroxylation sites is 1. The Labute approximate surface area is 215 Å². The van der Waals surface area contributed by atoms with Crippen LogP contribution in [-0.4, -0.2) is 123 Å². The molecule has 1 aromatic rings. The number of carbonyl (C=O) groups excluding carboxylic acids is 1. The summed E-state index contributed by atoms with van der Waals surface area (Å²) in [5, 5.41) is 43.5. The van der Waals surface area contributed by atoms with Crippen LogP contribution in [0.1, 0.15) is 20.8 Å². The molecule has 0 heterocycles. The van der Waals surface area contributed by atoms with Gasteiger partial charge in [-0.3, -0.25) is 9.69 Å². The third-order valence-electron chi connectivity index (χ3n) is 3.90. The molecule has 0 aliphatic heterocycles. The molecule has 36 heavy (non-hydrogen) atoms. The number of esters is 1. The monoisotopic (exact) mass is 521 g/mol. The fourth-order valence-electron chi connectivity index (χ4n) is 2.33. The fourth-order valence-corrected chi connectivity index (χ4v) is 2.33. The van der Waals surface area contributed by atoms with Gasteiger partial charge in [0.25, 0.3) is 0 Å². The number of nitrogens with one attached hydrogen (secondary N) is 2. The number of rotatable bonds is 18. The Kier molecular flexibility index (Phi) is 26.4. The number of phenols is 1. The van der Waals surface area contributed by atoms with E-state index in [0.29, 0.717) is 32.2 Å². The quantitative estimate of drug-likeness (QED) is 0.0852. The van der Waals surface area contributed by atoms with E-state index in [9.17, 15) is 20.1 Å².